The monoisotopic (exact) mass is 355 g/mol. The van der Waals surface area contributed by atoms with Gasteiger partial charge < -0.3 is 9.64 Å². The number of hydrogen-bond donors (Lipinski definition) is 0. The summed E-state index contributed by atoms with van der Waals surface area (Å²) in [7, 11) is 0. The molecule has 1 atom stereocenters. The SMILES string of the molecule is CCO[C@@H]1CN(C(=O)Cc2csc3ccccc23)Cc2ccnn2C1. The zero-order chi connectivity index (χ0) is 17.2. The third-order valence-electron chi connectivity index (χ3n) is 4.62. The van der Waals surface area contributed by atoms with E-state index in [9.17, 15) is 4.79 Å². The third-order valence-corrected chi connectivity index (χ3v) is 5.63. The second kappa shape index (κ2) is 6.98. The summed E-state index contributed by atoms with van der Waals surface area (Å²) in [6, 6.07) is 10.2. The molecule has 5 nitrogen and oxygen atoms in total. The molecule has 0 saturated carbocycles. The molecule has 25 heavy (non-hydrogen) atoms. The average molecular weight is 355 g/mol. The Labute approximate surface area is 150 Å². The molecule has 3 aromatic rings. The number of hydrogen-bond acceptors (Lipinski definition) is 4. The molecule has 0 saturated heterocycles. The van der Waals surface area contributed by atoms with Crippen LogP contribution in [0.4, 0.5) is 0 Å². The second-order valence-electron chi connectivity index (χ2n) is 6.29. The Hall–Kier alpha value is -2.18. The van der Waals surface area contributed by atoms with E-state index in [2.05, 4.69) is 22.6 Å². The van der Waals surface area contributed by atoms with Crippen LogP contribution >= 0.6 is 11.3 Å². The van der Waals surface area contributed by atoms with E-state index in [1.54, 1.807) is 17.5 Å². The fourth-order valence-corrected chi connectivity index (χ4v) is 4.35. The van der Waals surface area contributed by atoms with Gasteiger partial charge in [-0.05, 0) is 35.4 Å². The van der Waals surface area contributed by atoms with Crippen LogP contribution in [0.15, 0.2) is 41.9 Å². The first kappa shape index (κ1) is 16.3. The molecule has 1 aromatic carbocycles. The van der Waals surface area contributed by atoms with Gasteiger partial charge in [-0.25, -0.2) is 0 Å². The van der Waals surface area contributed by atoms with Crippen molar-refractivity contribution in [1.82, 2.24) is 14.7 Å². The van der Waals surface area contributed by atoms with Crippen molar-refractivity contribution in [3.8, 4) is 0 Å². The van der Waals surface area contributed by atoms with Gasteiger partial charge >= 0.3 is 0 Å². The minimum atomic E-state index is -0.0191. The lowest BCUT2D eigenvalue weighted by molar-refractivity contribution is -0.132. The lowest BCUT2D eigenvalue weighted by Gasteiger charge is -2.24. The number of nitrogens with zero attached hydrogens (tertiary/aromatic N) is 3. The van der Waals surface area contributed by atoms with Crippen molar-refractivity contribution in [3.63, 3.8) is 0 Å². The third kappa shape index (κ3) is 3.32. The Balaban J connectivity index is 1.56. The molecule has 0 radical (unpaired) electrons. The summed E-state index contributed by atoms with van der Waals surface area (Å²) in [5.41, 5.74) is 2.17. The Bertz CT molecular complexity index is 886. The number of fused-ring (bicyclic) bond motifs is 2. The highest BCUT2D eigenvalue weighted by molar-refractivity contribution is 7.17. The first-order valence-corrected chi connectivity index (χ1v) is 9.47. The van der Waals surface area contributed by atoms with E-state index >= 15 is 0 Å². The van der Waals surface area contributed by atoms with Gasteiger partial charge in [0, 0.05) is 24.0 Å². The van der Waals surface area contributed by atoms with E-state index in [4.69, 9.17) is 4.74 Å². The summed E-state index contributed by atoms with van der Waals surface area (Å²) in [5.74, 6) is 0.142. The van der Waals surface area contributed by atoms with Gasteiger partial charge in [0.05, 0.1) is 31.3 Å². The Morgan fingerprint density at radius 1 is 1.32 bits per heavy atom. The van der Waals surface area contributed by atoms with Crippen molar-refractivity contribution in [2.24, 2.45) is 0 Å². The molecule has 6 heteroatoms. The highest BCUT2D eigenvalue weighted by atomic mass is 32.1. The van der Waals surface area contributed by atoms with E-state index < -0.39 is 0 Å². The number of amides is 1. The number of ether oxygens (including phenoxy) is 1. The van der Waals surface area contributed by atoms with Crippen LogP contribution < -0.4 is 0 Å². The first-order valence-electron chi connectivity index (χ1n) is 8.59. The maximum atomic E-state index is 13.0. The molecule has 1 amide bonds. The molecule has 1 aliphatic rings. The van der Waals surface area contributed by atoms with Crippen LogP contribution in [-0.4, -0.2) is 39.8 Å². The summed E-state index contributed by atoms with van der Waals surface area (Å²) < 4.78 is 9.00. The molecule has 0 unspecified atom stereocenters. The van der Waals surface area contributed by atoms with Gasteiger partial charge in [-0.15, -0.1) is 11.3 Å². The maximum absolute atomic E-state index is 13.0. The van der Waals surface area contributed by atoms with E-state index in [1.807, 2.05) is 34.7 Å². The van der Waals surface area contributed by atoms with Crippen LogP contribution in [-0.2, 0) is 29.0 Å². The Kier molecular flexibility index (Phi) is 4.55. The highest BCUT2D eigenvalue weighted by Crippen LogP contribution is 2.26. The molecule has 0 bridgehead atoms. The molecule has 0 spiro atoms. The summed E-state index contributed by atoms with van der Waals surface area (Å²) in [5, 5.41) is 7.64. The molecule has 1 aliphatic heterocycles. The van der Waals surface area contributed by atoms with Gasteiger partial charge in [-0.2, -0.15) is 5.10 Å². The molecule has 0 fully saturated rings. The summed E-state index contributed by atoms with van der Waals surface area (Å²) in [6.07, 6.45) is 2.20. The molecule has 3 heterocycles. The largest absolute Gasteiger partial charge is 0.375 e. The second-order valence-corrected chi connectivity index (χ2v) is 7.20. The minimum absolute atomic E-state index is 0.0191. The summed E-state index contributed by atoms with van der Waals surface area (Å²) in [4.78, 5) is 14.9. The van der Waals surface area contributed by atoms with Gasteiger partial charge in [-0.3, -0.25) is 9.48 Å². The standard InChI is InChI=1S/C19H21N3O2S/c1-2-24-16-11-21(10-15-7-8-20-22(15)12-16)19(23)9-14-13-25-18-6-4-3-5-17(14)18/h3-8,13,16H,2,9-12H2,1H3/t16-/m1/s1. The van der Waals surface area contributed by atoms with Gasteiger partial charge in [0.25, 0.3) is 0 Å². The van der Waals surface area contributed by atoms with Crippen molar-refractivity contribution in [2.45, 2.75) is 32.5 Å². The van der Waals surface area contributed by atoms with Crippen LogP contribution in [0.5, 0.6) is 0 Å². The minimum Gasteiger partial charge on any atom is -0.375 e. The predicted octanol–water partition coefficient (Wildman–Crippen LogP) is 3.09. The predicted molar refractivity (Wildman–Crippen MR) is 98.6 cm³/mol. The van der Waals surface area contributed by atoms with Crippen LogP contribution in [0.1, 0.15) is 18.2 Å². The number of carbonyl (C=O) groups is 1. The maximum Gasteiger partial charge on any atom is 0.227 e. The molecule has 0 aliphatic carbocycles. The van der Waals surface area contributed by atoms with Crippen molar-refractivity contribution >= 4 is 27.3 Å². The smallest absolute Gasteiger partial charge is 0.227 e. The van der Waals surface area contributed by atoms with E-state index in [-0.39, 0.29) is 12.0 Å². The molecule has 0 N–H and O–H groups in total. The van der Waals surface area contributed by atoms with Gasteiger partial charge in [0.1, 0.15) is 0 Å². The number of thiophene rings is 1. The quantitative estimate of drug-likeness (QED) is 0.722. The van der Waals surface area contributed by atoms with Crippen molar-refractivity contribution in [2.75, 3.05) is 13.2 Å². The lowest BCUT2D eigenvalue weighted by Crippen LogP contribution is -2.38. The lowest BCUT2D eigenvalue weighted by atomic mass is 10.1. The normalized spacial score (nSPS) is 17.5. The molecular weight excluding hydrogens is 334 g/mol. The number of aromatic nitrogens is 2. The summed E-state index contributed by atoms with van der Waals surface area (Å²) in [6.45, 7) is 4.51. The van der Waals surface area contributed by atoms with Crippen LogP contribution in [0.3, 0.4) is 0 Å². The molecule has 4 rings (SSSR count). The zero-order valence-corrected chi connectivity index (χ0v) is 15.0. The Morgan fingerprint density at radius 3 is 3.08 bits per heavy atom. The average Bonchev–Trinajstić information content (AvgIpc) is 3.18. The van der Waals surface area contributed by atoms with Gasteiger partial charge in [0.2, 0.25) is 5.91 Å². The first-order chi connectivity index (χ1) is 12.2. The Morgan fingerprint density at radius 2 is 2.20 bits per heavy atom. The van der Waals surface area contributed by atoms with Crippen LogP contribution in [0.2, 0.25) is 0 Å². The van der Waals surface area contributed by atoms with Crippen molar-refractivity contribution in [1.29, 1.82) is 0 Å². The summed E-state index contributed by atoms with van der Waals surface area (Å²) >= 11 is 1.70. The van der Waals surface area contributed by atoms with E-state index in [0.29, 0.717) is 32.7 Å². The fourth-order valence-electron chi connectivity index (χ4n) is 3.39. The van der Waals surface area contributed by atoms with Crippen LogP contribution in [0, 0.1) is 0 Å². The zero-order valence-electron chi connectivity index (χ0n) is 14.2. The topological polar surface area (TPSA) is 47.4 Å². The number of benzene rings is 1. The van der Waals surface area contributed by atoms with E-state index in [0.717, 1.165) is 11.3 Å². The fraction of sp³-hybridized carbons (Fsp3) is 0.368. The highest BCUT2D eigenvalue weighted by Gasteiger charge is 2.26. The van der Waals surface area contributed by atoms with E-state index in [1.165, 1.54) is 10.1 Å². The van der Waals surface area contributed by atoms with Gasteiger partial charge in [-0.1, -0.05) is 18.2 Å². The molecule has 130 valence electrons. The van der Waals surface area contributed by atoms with Crippen molar-refractivity contribution in [3.05, 3.63) is 53.2 Å². The molecular formula is C19H21N3O2S. The van der Waals surface area contributed by atoms with Crippen molar-refractivity contribution < 1.29 is 9.53 Å². The van der Waals surface area contributed by atoms with Gasteiger partial charge in [0.15, 0.2) is 0 Å². The van der Waals surface area contributed by atoms with Crippen LogP contribution in [0.25, 0.3) is 10.1 Å². The molecule has 2 aromatic heterocycles. The number of rotatable bonds is 4. The number of carbonyl (C=O) groups excluding carboxylic acids is 1.